The molecule has 0 N–H and O–H groups in total. The summed E-state index contributed by atoms with van der Waals surface area (Å²) in [6.07, 6.45) is 2.02. The van der Waals surface area contributed by atoms with Gasteiger partial charge in [-0.2, -0.15) is 0 Å². The van der Waals surface area contributed by atoms with E-state index in [1.54, 1.807) is 0 Å². The second-order valence-electron chi connectivity index (χ2n) is 4.95. The van der Waals surface area contributed by atoms with Gasteiger partial charge in [0, 0.05) is 29.6 Å². The molecule has 0 aliphatic rings. The van der Waals surface area contributed by atoms with Gasteiger partial charge >= 0.3 is 5.97 Å². The second kappa shape index (κ2) is 6.60. The molecule has 107 valence electrons. The number of ether oxygens (including phenoxy) is 1. The van der Waals surface area contributed by atoms with Crippen molar-refractivity contribution in [3.63, 3.8) is 0 Å². The molecule has 0 aliphatic carbocycles. The van der Waals surface area contributed by atoms with Gasteiger partial charge in [-0.25, -0.2) is 0 Å². The first-order valence-electron chi connectivity index (χ1n) is 7.20. The van der Waals surface area contributed by atoms with E-state index in [2.05, 4.69) is 42.7 Å². The average molecular weight is 272 g/mol. The number of rotatable bonds is 6. The van der Waals surface area contributed by atoms with Crippen LogP contribution in [-0.4, -0.2) is 17.1 Å². The van der Waals surface area contributed by atoms with Crippen LogP contribution in [0, 0.1) is 13.8 Å². The van der Waals surface area contributed by atoms with E-state index < -0.39 is 0 Å². The quantitative estimate of drug-likeness (QED) is 0.751. The summed E-state index contributed by atoms with van der Waals surface area (Å²) in [4.78, 5) is 11.4. The monoisotopic (exact) mass is 272 g/mol. The molecule has 2 rings (SSSR count). The highest BCUT2D eigenvalue weighted by atomic mass is 16.5. The van der Waals surface area contributed by atoms with Gasteiger partial charge in [0.05, 0.1) is 6.61 Å². The molecule has 0 fully saturated rings. The van der Waals surface area contributed by atoms with Crippen LogP contribution < -0.4 is 0 Å². The zero-order valence-electron chi connectivity index (χ0n) is 12.3. The number of aryl methyl sites for hydroxylation is 2. The van der Waals surface area contributed by atoms with Crippen molar-refractivity contribution in [3.05, 3.63) is 42.4 Å². The fourth-order valence-electron chi connectivity index (χ4n) is 2.57. The molecule has 2 aromatic rings. The Balaban J connectivity index is 2.16. The Hall–Kier alpha value is -1.77. The third-order valence-electron chi connectivity index (χ3n) is 3.57. The van der Waals surface area contributed by atoms with Gasteiger partial charge in [-0.1, -0.05) is 12.1 Å². The number of hydrogen-bond acceptors (Lipinski definition) is 2. The summed E-state index contributed by atoms with van der Waals surface area (Å²) in [7, 11) is 0. The molecule has 0 unspecified atom stereocenters. The number of esters is 1. The molecule has 3 nitrogen and oxygen atoms in total. The zero-order chi connectivity index (χ0) is 14.5. The molecule has 0 aliphatic heterocycles. The average Bonchev–Trinajstić information content (AvgIpc) is 2.79. The van der Waals surface area contributed by atoms with Crippen LogP contribution >= 0.6 is 0 Å². The number of carbonyl (C=O) groups excluding carboxylic acids is 1. The number of nitrogens with zero attached hydrogens (tertiary/aromatic N) is 1. The summed E-state index contributed by atoms with van der Waals surface area (Å²) in [5, 5.41) is 1.28. The molecular formula is C17H22NO2. The molecule has 0 bridgehead atoms. The van der Waals surface area contributed by atoms with E-state index in [0.717, 1.165) is 19.4 Å². The molecule has 1 heterocycles. The molecule has 1 radical (unpaired) electrons. The molecule has 0 saturated carbocycles. The van der Waals surface area contributed by atoms with Crippen molar-refractivity contribution in [2.75, 3.05) is 6.61 Å². The minimum absolute atomic E-state index is 0.115. The first-order chi connectivity index (χ1) is 9.67. The lowest BCUT2D eigenvalue weighted by Crippen LogP contribution is -2.07. The third-order valence-corrected chi connectivity index (χ3v) is 3.57. The Morgan fingerprint density at radius 1 is 1.40 bits per heavy atom. The fraction of sp³-hybridized carbons (Fsp3) is 0.412. The van der Waals surface area contributed by atoms with Crippen molar-refractivity contribution < 1.29 is 9.53 Å². The SMILES string of the molecule is [CH2]Cc1cc2c(C)cccc2n1CCCC(=O)OCC. The summed E-state index contributed by atoms with van der Waals surface area (Å²) in [5.74, 6) is -0.115. The Bertz CT molecular complexity index is 598. The summed E-state index contributed by atoms with van der Waals surface area (Å²) >= 11 is 0. The molecule has 0 atom stereocenters. The van der Waals surface area contributed by atoms with Crippen LogP contribution in [0.25, 0.3) is 10.9 Å². The highest BCUT2D eigenvalue weighted by molar-refractivity contribution is 5.84. The number of carbonyl (C=O) groups is 1. The summed E-state index contributed by atoms with van der Waals surface area (Å²) in [6, 6.07) is 8.54. The van der Waals surface area contributed by atoms with Gasteiger partial charge < -0.3 is 9.30 Å². The Labute approximate surface area is 120 Å². The normalized spacial score (nSPS) is 10.9. The topological polar surface area (TPSA) is 31.2 Å². The maximum absolute atomic E-state index is 11.4. The number of hydrogen-bond donors (Lipinski definition) is 0. The van der Waals surface area contributed by atoms with Gasteiger partial charge in [0.2, 0.25) is 0 Å². The molecule has 0 amide bonds. The van der Waals surface area contributed by atoms with Crippen molar-refractivity contribution >= 4 is 16.9 Å². The smallest absolute Gasteiger partial charge is 0.305 e. The lowest BCUT2D eigenvalue weighted by Gasteiger charge is -2.09. The Morgan fingerprint density at radius 3 is 2.90 bits per heavy atom. The second-order valence-corrected chi connectivity index (χ2v) is 4.95. The standard InChI is InChI=1S/C17H22NO2/c1-4-14-12-15-13(3)8-6-9-16(15)18(14)11-7-10-17(19)20-5-2/h6,8-9,12H,1,4-5,7,10-11H2,2-3H3. The van der Waals surface area contributed by atoms with Gasteiger partial charge in [0.25, 0.3) is 0 Å². The van der Waals surface area contributed by atoms with Gasteiger partial charge in [0.1, 0.15) is 0 Å². The zero-order valence-corrected chi connectivity index (χ0v) is 12.3. The van der Waals surface area contributed by atoms with Crippen molar-refractivity contribution in [1.82, 2.24) is 4.57 Å². The largest absolute Gasteiger partial charge is 0.466 e. The van der Waals surface area contributed by atoms with Crippen LogP contribution in [0.5, 0.6) is 0 Å². The van der Waals surface area contributed by atoms with Crippen molar-refractivity contribution in [3.8, 4) is 0 Å². The summed E-state index contributed by atoms with van der Waals surface area (Å²) in [5.41, 5.74) is 3.73. The minimum Gasteiger partial charge on any atom is -0.466 e. The van der Waals surface area contributed by atoms with Crippen LogP contribution in [0.2, 0.25) is 0 Å². The van der Waals surface area contributed by atoms with Gasteiger partial charge in [-0.15, -0.1) is 0 Å². The van der Waals surface area contributed by atoms with Gasteiger partial charge in [0.15, 0.2) is 0 Å². The maximum Gasteiger partial charge on any atom is 0.305 e. The van der Waals surface area contributed by atoms with E-state index in [0.29, 0.717) is 13.0 Å². The Kier molecular flexibility index (Phi) is 4.83. The lowest BCUT2D eigenvalue weighted by atomic mass is 10.1. The summed E-state index contributed by atoms with van der Waals surface area (Å²) < 4.78 is 7.24. The number of aromatic nitrogens is 1. The predicted octanol–water partition coefficient (Wildman–Crippen LogP) is 3.67. The fourth-order valence-corrected chi connectivity index (χ4v) is 2.57. The van der Waals surface area contributed by atoms with Crippen LogP contribution in [0.1, 0.15) is 31.0 Å². The third kappa shape index (κ3) is 3.03. The van der Waals surface area contributed by atoms with Crippen LogP contribution in [-0.2, 0) is 22.5 Å². The van der Waals surface area contributed by atoms with Crippen molar-refractivity contribution in [2.45, 2.75) is 39.7 Å². The first kappa shape index (κ1) is 14.6. The van der Waals surface area contributed by atoms with E-state index in [1.165, 1.54) is 22.2 Å². The van der Waals surface area contributed by atoms with Gasteiger partial charge in [-0.05, 0) is 51.3 Å². The summed E-state index contributed by atoms with van der Waals surface area (Å²) in [6.45, 7) is 9.24. The highest BCUT2D eigenvalue weighted by Crippen LogP contribution is 2.24. The molecule has 0 spiro atoms. The predicted molar refractivity (Wildman–Crippen MR) is 81.6 cm³/mol. The van der Waals surface area contributed by atoms with E-state index in [4.69, 9.17) is 4.74 Å². The highest BCUT2D eigenvalue weighted by Gasteiger charge is 2.09. The lowest BCUT2D eigenvalue weighted by molar-refractivity contribution is -0.143. The molecule has 1 aromatic heterocycles. The van der Waals surface area contributed by atoms with E-state index in [-0.39, 0.29) is 5.97 Å². The minimum atomic E-state index is -0.115. The van der Waals surface area contributed by atoms with E-state index in [1.807, 2.05) is 6.92 Å². The van der Waals surface area contributed by atoms with Crippen LogP contribution in [0.3, 0.4) is 0 Å². The first-order valence-corrected chi connectivity index (χ1v) is 7.20. The Morgan fingerprint density at radius 2 is 2.20 bits per heavy atom. The van der Waals surface area contributed by atoms with Crippen molar-refractivity contribution in [2.24, 2.45) is 0 Å². The van der Waals surface area contributed by atoms with Crippen LogP contribution in [0.15, 0.2) is 24.3 Å². The van der Waals surface area contributed by atoms with Crippen LogP contribution in [0.4, 0.5) is 0 Å². The van der Waals surface area contributed by atoms with Crippen molar-refractivity contribution in [1.29, 1.82) is 0 Å². The van der Waals surface area contributed by atoms with E-state index in [9.17, 15) is 4.79 Å². The van der Waals surface area contributed by atoms with Gasteiger partial charge in [-0.3, -0.25) is 4.79 Å². The molecular weight excluding hydrogens is 250 g/mol. The number of benzene rings is 1. The maximum atomic E-state index is 11.4. The molecule has 20 heavy (non-hydrogen) atoms. The molecule has 3 heteroatoms. The number of fused-ring (bicyclic) bond motifs is 1. The molecule has 0 saturated heterocycles. The van der Waals surface area contributed by atoms with E-state index >= 15 is 0 Å². The molecule has 1 aromatic carbocycles.